The molecule has 1 aromatic heterocycles. The first kappa shape index (κ1) is 21.3. The summed E-state index contributed by atoms with van der Waals surface area (Å²) in [5.74, 6) is 3.86. The predicted molar refractivity (Wildman–Crippen MR) is 129 cm³/mol. The van der Waals surface area contributed by atoms with Gasteiger partial charge in [-0.2, -0.15) is 9.78 Å². The zero-order valence-electron chi connectivity index (χ0n) is 17.2. The second-order valence-electron chi connectivity index (χ2n) is 6.71. The Hall–Kier alpha value is -3.89. The van der Waals surface area contributed by atoms with E-state index in [0.717, 1.165) is 5.56 Å². The fraction of sp³-hybridized carbons (Fsp3) is 0.0800. The van der Waals surface area contributed by atoms with Crippen molar-refractivity contribution in [2.75, 3.05) is 13.7 Å². The zero-order valence-corrected chi connectivity index (χ0v) is 18.7. The molecule has 0 N–H and O–H groups in total. The number of aromatic nitrogens is 2. The highest BCUT2D eigenvalue weighted by molar-refractivity contribution is 9.10. The van der Waals surface area contributed by atoms with Crippen molar-refractivity contribution in [3.63, 3.8) is 0 Å². The molecule has 0 aliphatic heterocycles. The van der Waals surface area contributed by atoms with Crippen LogP contribution >= 0.6 is 15.9 Å². The van der Waals surface area contributed by atoms with Crippen molar-refractivity contribution >= 4 is 33.0 Å². The lowest BCUT2D eigenvalue weighted by Crippen LogP contribution is -2.20. The Balaban J connectivity index is 1.84. The van der Waals surface area contributed by atoms with Crippen molar-refractivity contribution in [1.29, 1.82) is 0 Å². The number of halogens is 1. The highest BCUT2D eigenvalue weighted by Crippen LogP contribution is 2.36. The molecule has 1 heterocycles. The van der Waals surface area contributed by atoms with Crippen LogP contribution in [0.5, 0.6) is 11.5 Å². The number of terminal acetylenes is 1. The largest absolute Gasteiger partial charge is 0.493 e. The topological polar surface area (TPSA) is 65.7 Å². The zero-order chi connectivity index (χ0) is 22.5. The summed E-state index contributed by atoms with van der Waals surface area (Å²) in [5, 5.41) is 4.97. The van der Waals surface area contributed by atoms with Crippen LogP contribution in [-0.4, -0.2) is 29.6 Å². The van der Waals surface area contributed by atoms with Gasteiger partial charge in [0.2, 0.25) is 0 Å². The van der Waals surface area contributed by atoms with Gasteiger partial charge in [0.1, 0.15) is 6.61 Å². The molecule has 0 radical (unpaired) electrons. The smallest absolute Gasteiger partial charge is 0.282 e. The number of hydrogen-bond acceptors (Lipinski definition) is 5. The van der Waals surface area contributed by atoms with Crippen LogP contribution in [0.15, 0.2) is 81.1 Å². The molecule has 6 nitrogen and oxygen atoms in total. The Morgan fingerprint density at radius 1 is 1.16 bits per heavy atom. The van der Waals surface area contributed by atoms with Crippen LogP contribution in [0.4, 0.5) is 0 Å². The third-order valence-corrected chi connectivity index (χ3v) is 5.25. The molecule has 158 valence electrons. The average Bonchev–Trinajstić information content (AvgIpc) is 2.83. The van der Waals surface area contributed by atoms with Gasteiger partial charge in [0.25, 0.3) is 5.56 Å². The molecule has 0 saturated heterocycles. The maximum atomic E-state index is 13.2. The third kappa shape index (κ3) is 4.27. The van der Waals surface area contributed by atoms with Crippen molar-refractivity contribution in [2.45, 2.75) is 0 Å². The van der Waals surface area contributed by atoms with Crippen LogP contribution in [-0.2, 0) is 0 Å². The summed E-state index contributed by atoms with van der Waals surface area (Å²) in [6.45, 7) is 0.112. The van der Waals surface area contributed by atoms with E-state index in [1.807, 2.05) is 42.5 Å². The Kier molecular flexibility index (Phi) is 6.34. The van der Waals surface area contributed by atoms with E-state index in [2.05, 4.69) is 27.0 Å². The predicted octanol–water partition coefficient (Wildman–Crippen LogP) is 4.73. The molecule has 0 unspecified atom stereocenters. The van der Waals surface area contributed by atoms with E-state index in [1.54, 1.807) is 30.5 Å². The minimum atomic E-state index is -0.259. The number of para-hydroxylation sites is 1. The number of rotatable bonds is 6. The van der Waals surface area contributed by atoms with E-state index < -0.39 is 0 Å². The number of nitrogens with zero attached hydrogens (tertiary/aromatic N) is 3. The molecular weight excluding hydrogens is 470 g/mol. The van der Waals surface area contributed by atoms with Gasteiger partial charge < -0.3 is 9.47 Å². The van der Waals surface area contributed by atoms with Gasteiger partial charge in [0.15, 0.2) is 17.3 Å². The molecule has 0 atom stereocenters. The second-order valence-corrected chi connectivity index (χ2v) is 7.56. The monoisotopic (exact) mass is 487 g/mol. The summed E-state index contributed by atoms with van der Waals surface area (Å²) in [5.41, 5.74) is 1.83. The van der Waals surface area contributed by atoms with Crippen molar-refractivity contribution in [3.8, 4) is 35.2 Å². The number of hydrogen-bond donors (Lipinski definition) is 0. The molecule has 0 spiro atoms. The molecule has 4 rings (SSSR count). The van der Waals surface area contributed by atoms with Crippen LogP contribution in [0.2, 0.25) is 0 Å². The van der Waals surface area contributed by atoms with Gasteiger partial charge in [0.05, 0.1) is 28.7 Å². The van der Waals surface area contributed by atoms with E-state index in [9.17, 15) is 4.79 Å². The fourth-order valence-corrected chi connectivity index (χ4v) is 3.77. The van der Waals surface area contributed by atoms with E-state index in [1.165, 1.54) is 11.8 Å². The SMILES string of the molecule is C#CCOc1c(Br)cc(C=Nn2c(-c3ccccc3)nc3ccccc3c2=O)cc1OC. The van der Waals surface area contributed by atoms with Gasteiger partial charge >= 0.3 is 0 Å². The molecule has 0 aliphatic rings. The van der Waals surface area contributed by atoms with Crippen molar-refractivity contribution in [2.24, 2.45) is 5.10 Å². The number of fused-ring (bicyclic) bond motifs is 1. The maximum absolute atomic E-state index is 13.2. The molecule has 7 heteroatoms. The van der Waals surface area contributed by atoms with E-state index >= 15 is 0 Å². The standard InChI is InChI=1S/C25H18BrN3O3/c1-3-13-32-23-20(26)14-17(15-22(23)31-2)16-27-29-24(18-9-5-4-6-10-18)28-21-12-8-7-11-19(21)25(29)30/h1,4-12,14-16H,13H2,2H3. The lowest BCUT2D eigenvalue weighted by atomic mass is 10.2. The molecule has 0 amide bonds. The Morgan fingerprint density at radius 2 is 1.91 bits per heavy atom. The van der Waals surface area contributed by atoms with E-state index in [4.69, 9.17) is 20.9 Å². The Morgan fingerprint density at radius 3 is 2.66 bits per heavy atom. The third-order valence-electron chi connectivity index (χ3n) is 4.66. The molecule has 0 saturated carbocycles. The molecule has 0 aliphatic carbocycles. The summed E-state index contributed by atoms with van der Waals surface area (Å²) < 4.78 is 12.9. The van der Waals surface area contributed by atoms with Gasteiger partial charge in [-0.3, -0.25) is 4.79 Å². The molecule has 32 heavy (non-hydrogen) atoms. The minimum absolute atomic E-state index is 0.112. The summed E-state index contributed by atoms with van der Waals surface area (Å²) in [4.78, 5) is 17.9. The summed E-state index contributed by atoms with van der Waals surface area (Å²) in [7, 11) is 1.54. The van der Waals surface area contributed by atoms with Gasteiger partial charge in [-0.15, -0.1) is 6.42 Å². The molecule has 0 fully saturated rings. The lowest BCUT2D eigenvalue weighted by Gasteiger charge is -2.12. The first-order chi connectivity index (χ1) is 15.6. The Bertz CT molecular complexity index is 1410. The normalized spacial score (nSPS) is 10.9. The van der Waals surface area contributed by atoms with Crippen LogP contribution in [0.25, 0.3) is 22.3 Å². The molecular formula is C25H18BrN3O3. The Labute approximate surface area is 193 Å². The molecule has 4 aromatic rings. The van der Waals surface area contributed by atoms with Crippen LogP contribution in [0.3, 0.4) is 0 Å². The number of ether oxygens (including phenoxy) is 2. The first-order valence-electron chi connectivity index (χ1n) is 9.67. The van der Waals surface area contributed by atoms with E-state index in [0.29, 0.717) is 38.3 Å². The van der Waals surface area contributed by atoms with Crippen molar-refractivity contribution in [1.82, 2.24) is 9.66 Å². The molecule has 3 aromatic carbocycles. The van der Waals surface area contributed by atoms with E-state index in [-0.39, 0.29) is 12.2 Å². The quantitative estimate of drug-likeness (QED) is 0.291. The minimum Gasteiger partial charge on any atom is -0.493 e. The fourth-order valence-electron chi connectivity index (χ4n) is 3.20. The number of benzene rings is 3. The summed E-state index contributed by atoms with van der Waals surface area (Å²) >= 11 is 3.48. The number of methoxy groups -OCH3 is 1. The summed E-state index contributed by atoms with van der Waals surface area (Å²) in [6.07, 6.45) is 6.86. The first-order valence-corrected chi connectivity index (χ1v) is 10.5. The highest BCUT2D eigenvalue weighted by atomic mass is 79.9. The van der Waals surface area contributed by atoms with Gasteiger partial charge in [-0.25, -0.2) is 4.98 Å². The maximum Gasteiger partial charge on any atom is 0.282 e. The van der Waals surface area contributed by atoms with Crippen molar-refractivity contribution < 1.29 is 9.47 Å². The van der Waals surface area contributed by atoms with Crippen molar-refractivity contribution in [3.05, 3.63) is 87.1 Å². The summed E-state index contributed by atoms with van der Waals surface area (Å²) in [6, 6.07) is 20.2. The molecule has 0 bridgehead atoms. The highest BCUT2D eigenvalue weighted by Gasteiger charge is 2.13. The van der Waals surface area contributed by atoms with Crippen LogP contribution < -0.4 is 15.0 Å². The van der Waals surface area contributed by atoms with Crippen LogP contribution in [0, 0.1) is 12.3 Å². The lowest BCUT2D eigenvalue weighted by molar-refractivity contribution is 0.329. The second kappa shape index (κ2) is 9.50. The van der Waals surface area contributed by atoms with Gasteiger partial charge in [-0.05, 0) is 45.8 Å². The van der Waals surface area contributed by atoms with Gasteiger partial charge in [-0.1, -0.05) is 48.4 Å². The van der Waals surface area contributed by atoms with Crippen LogP contribution in [0.1, 0.15) is 5.56 Å². The van der Waals surface area contributed by atoms with Gasteiger partial charge in [0, 0.05) is 5.56 Å². The average molecular weight is 488 g/mol.